The molecule has 4 N–H and O–H groups in total. The summed E-state index contributed by atoms with van der Waals surface area (Å²) >= 11 is 0. The fourth-order valence-electron chi connectivity index (χ4n) is 3.99. The number of benzene rings is 1. The number of hydrazine groups is 1. The Kier molecular flexibility index (Phi) is 6.61. The van der Waals surface area contributed by atoms with Gasteiger partial charge in [-0.2, -0.15) is 0 Å². The average molecular weight is 399 g/mol. The molecule has 4 rings (SSSR count). The normalized spacial score (nSPS) is 24.1. The van der Waals surface area contributed by atoms with Crippen molar-refractivity contribution < 1.29 is 13.9 Å². The van der Waals surface area contributed by atoms with E-state index in [1.165, 1.54) is 0 Å². The van der Waals surface area contributed by atoms with Crippen LogP contribution in [-0.2, 0) is 11.3 Å². The van der Waals surface area contributed by atoms with Gasteiger partial charge in [0.25, 0.3) is 5.91 Å². The number of carbonyl (C=O) groups is 1. The van der Waals surface area contributed by atoms with Crippen LogP contribution in [0, 0.1) is 12.8 Å². The Morgan fingerprint density at radius 3 is 2.97 bits per heavy atom. The first-order chi connectivity index (χ1) is 14.2. The fourth-order valence-corrected chi connectivity index (χ4v) is 3.99. The smallest absolute Gasteiger partial charge is 0.251 e. The molecule has 2 fully saturated rings. The molecule has 0 radical (unpaired) electrons. The van der Waals surface area contributed by atoms with Gasteiger partial charge in [-0.15, -0.1) is 0 Å². The molecule has 3 heterocycles. The van der Waals surface area contributed by atoms with Crippen molar-refractivity contribution in [1.29, 1.82) is 0 Å². The number of nitrogens with one attached hydrogen (secondary N) is 4. The summed E-state index contributed by atoms with van der Waals surface area (Å²) in [5, 5.41) is 6.50. The first kappa shape index (κ1) is 20.1. The average Bonchev–Trinajstić information content (AvgIpc) is 3.48. The van der Waals surface area contributed by atoms with Crippen molar-refractivity contribution in [2.45, 2.75) is 38.5 Å². The van der Waals surface area contributed by atoms with Crippen LogP contribution in [-0.4, -0.2) is 38.3 Å². The van der Waals surface area contributed by atoms with E-state index in [9.17, 15) is 4.79 Å². The molecule has 29 heavy (non-hydrogen) atoms. The van der Waals surface area contributed by atoms with Gasteiger partial charge in [0.05, 0.1) is 12.1 Å². The maximum absolute atomic E-state index is 12.4. The minimum Gasteiger partial charge on any atom is -0.465 e. The van der Waals surface area contributed by atoms with Gasteiger partial charge in [-0.05, 0) is 49.6 Å². The molecular formula is C22H30N4O3. The van der Waals surface area contributed by atoms with Gasteiger partial charge in [-0.25, -0.2) is 5.43 Å². The summed E-state index contributed by atoms with van der Waals surface area (Å²) in [7, 11) is 0. The Bertz CT molecular complexity index is 816. The minimum atomic E-state index is -0.0419. The number of amides is 1. The Balaban J connectivity index is 1.26. The molecule has 1 amide bonds. The predicted octanol–water partition coefficient (Wildman–Crippen LogP) is 2.05. The zero-order valence-electron chi connectivity index (χ0n) is 16.9. The van der Waals surface area contributed by atoms with Crippen molar-refractivity contribution in [2.24, 2.45) is 5.92 Å². The summed E-state index contributed by atoms with van der Waals surface area (Å²) in [6.45, 7) is 5.78. The molecular weight excluding hydrogens is 368 g/mol. The topological polar surface area (TPSA) is 87.6 Å². The fraction of sp³-hybridized carbons (Fsp3) is 0.500. The van der Waals surface area contributed by atoms with Crippen LogP contribution in [0.2, 0.25) is 0 Å². The number of ether oxygens (including phenoxy) is 1. The second kappa shape index (κ2) is 9.54. The molecule has 2 aliphatic heterocycles. The van der Waals surface area contributed by atoms with E-state index in [1.807, 2.05) is 43.3 Å². The molecule has 1 aromatic carbocycles. The largest absolute Gasteiger partial charge is 0.465 e. The van der Waals surface area contributed by atoms with Crippen LogP contribution in [0.1, 0.15) is 46.3 Å². The molecule has 3 atom stereocenters. The highest BCUT2D eigenvalue weighted by Crippen LogP contribution is 2.26. The number of hydrogen-bond acceptors (Lipinski definition) is 6. The summed E-state index contributed by atoms with van der Waals surface area (Å²) in [5.41, 5.74) is 8.31. The third-order valence-electron chi connectivity index (χ3n) is 5.60. The van der Waals surface area contributed by atoms with Gasteiger partial charge in [0.2, 0.25) is 0 Å². The van der Waals surface area contributed by atoms with Gasteiger partial charge in [-0.3, -0.25) is 10.2 Å². The van der Waals surface area contributed by atoms with Crippen LogP contribution in [0.5, 0.6) is 0 Å². The van der Waals surface area contributed by atoms with Gasteiger partial charge in [0.15, 0.2) is 0 Å². The maximum Gasteiger partial charge on any atom is 0.251 e. The van der Waals surface area contributed by atoms with Crippen molar-refractivity contribution in [3.63, 3.8) is 0 Å². The molecule has 0 bridgehead atoms. The summed E-state index contributed by atoms with van der Waals surface area (Å²) in [6.07, 6.45) is 2.25. The molecule has 1 aromatic heterocycles. The lowest BCUT2D eigenvalue weighted by molar-refractivity contribution is 0.0857. The standard InChI is InChI=1S/C22H30N4O3/c1-15-7-8-20(29-15)21-18(13-25-26-21)12-23-11-16-4-2-5-17(10-16)22(27)24-14-19-6-3-9-28-19/h2,4-5,7-8,10,18-19,21,23,25-26H,3,6,9,11-14H2,1H3,(H,24,27). The van der Waals surface area contributed by atoms with Gasteiger partial charge in [0.1, 0.15) is 11.5 Å². The van der Waals surface area contributed by atoms with E-state index in [0.717, 1.165) is 49.6 Å². The molecule has 2 aromatic rings. The van der Waals surface area contributed by atoms with Gasteiger partial charge in [0, 0.05) is 44.3 Å². The summed E-state index contributed by atoms with van der Waals surface area (Å²) in [4.78, 5) is 12.4. The van der Waals surface area contributed by atoms with Crippen molar-refractivity contribution >= 4 is 5.91 Å². The van der Waals surface area contributed by atoms with Gasteiger partial charge < -0.3 is 19.8 Å². The molecule has 7 heteroatoms. The lowest BCUT2D eigenvalue weighted by Crippen LogP contribution is -2.32. The molecule has 7 nitrogen and oxygen atoms in total. The third kappa shape index (κ3) is 5.25. The summed E-state index contributed by atoms with van der Waals surface area (Å²) in [5.74, 6) is 2.23. The van der Waals surface area contributed by atoms with Crippen molar-refractivity contribution in [3.8, 4) is 0 Å². The first-order valence-electron chi connectivity index (χ1n) is 10.4. The Labute approximate surface area is 171 Å². The van der Waals surface area contributed by atoms with Gasteiger partial charge >= 0.3 is 0 Å². The lowest BCUT2D eigenvalue weighted by Gasteiger charge is -2.17. The maximum atomic E-state index is 12.4. The summed E-state index contributed by atoms with van der Waals surface area (Å²) < 4.78 is 11.3. The molecule has 0 spiro atoms. The van der Waals surface area contributed by atoms with Crippen LogP contribution >= 0.6 is 0 Å². The van der Waals surface area contributed by atoms with Crippen molar-refractivity contribution in [3.05, 3.63) is 59.0 Å². The highest BCUT2D eigenvalue weighted by Gasteiger charge is 2.30. The van der Waals surface area contributed by atoms with Gasteiger partial charge in [-0.1, -0.05) is 12.1 Å². The highest BCUT2D eigenvalue weighted by atomic mass is 16.5. The molecule has 3 unspecified atom stereocenters. The monoisotopic (exact) mass is 398 g/mol. The molecule has 0 saturated carbocycles. The number of aryl methyl sites for hydroxylation is 1. The van der Waals surface area contributed by atoms with Crippen molar-refractivity contribution in [2.75, 3.05) is 26.2 Å². The summed E-state index contributed by atoms with van der Waals surface area (Å²) in [6, 6.07) is 12.0. The number of furan rings is 1. The Hall–Kier alpha value is -2.19. The second-order valence-corrected chi connectivity index (χ2v) is 7.89. The predicted molar refractivity (Wildman–Crippen MR) is 110 cm³/mol. The van der Waals surface area contributed by atoms with E-state index in [-0.39, 0.29) is 18.1 Å². The van der Waals surface area contributed by atoms with E-state index < -0.39 is 0 Å². The van der Waals surface area contributed by atoms with E-state index in [0.29, 0.717) is 24.6 Å². The number of carbonyl (C=O) groups excluding carboxylic acids is 1. The molecule has 2 aliphatic rings. The van der Waals surface area contributed by atoms with Crippen molar-refractivity contribution in [1.82, 2.24) is 21.5 Å². The van der Waals surface area contributed by atoms with E-state index >= 15 is 0 Å². The molecule has 2 saturated heterocycles. The highest BCUT2D eigenvalue weighted by molar-refractivity contribution is 5.94. The van der Waals surface area contributed by atoms with E-state index in [4.69, 9.17) is 9.15 Å². The SMILES string of the molecule is Cc1ccc(C2NNCC2CNCc2cccc(C(=O)NCC3CCCO3)c2)o1. The van der Waals surface area contributed by atoms with E-state index in [1.54, 1.807) is 0 Å². The molecule has 0 aliphatic carbocycles. The molecule has 156 valence electrons. The van der Waals surface area contributed by atoms with Crippen LogP contribution in [0.4, 0.5) is 0 Å². The van der Waals surface area contributed by atoms with Crippen LogP contribution in [0.25, 0.3) is 0 Å². The number of hydrogen-bond donors (Lipinski definition) is 4. The van der Waals surface area contributed by atoms with Crippen LogP contribution in [0.15, 0.2) is 40.8 Å². The Morgan fingerprint density at radius 1 is 1.24 bits per heavy atom. The number of rotatable bonds is 8. The van der Waals surface area contributed by atoms with Crippen LogP contribution in [0.3, 0.4) is 0 Å². The minimum absolute atomic E-state index is 0.0419. The lowest BCUT2D eigenvalue weighted by atomic mass is 10.00. The third-order valence-corrected chi connectivity index (χ3v) is 5.60. The second-order valence-electron chi connectivity index (χ2n) is 7.89. The zero-order chi connectivity index (χ0) is 20.1. The first-order valence-corrected chi connectivity index (χ1v) is 10.4. The quantitative estimate of drug-likeness (QED) is 0.544. The Morgan fingerprint density at radius 2 is 2.17 bits per heavy atom. The zero-order valence-corrected chi connectivity index (χ0v) is 16.9. The van der Waals surface area contributed by atoms with Crippen LogP contribution < -0.4 is 21.5 Å². The van der Waals surface area contributed by atoms with E-state index in [2.05, 4.69) is 21.5 Å².